The summed E-state index contributed by atoms with van der Waals surface area (Å²) in [5.41, 5.74) is 0.890. The molecule has 1 aliphatic heterocycles. The molecule has 1 aliphatic carbocycles. The maximum atomic E-state index is 12.2. The van der Waals surface area contributed by atoms with Crippen LogP contribution in [-0.4, -0.2) is 33.8 Å². The van der Waals surface area contributed by atoms with Crippen LogP contribution in [0.5, 0.6) is 0 Å². The molecule has 24 heavy (non-hydrogen) atoms. The molecule has 0 atom stereocenters. The highest BCUT2D eigenvalue weighted by Crippen LogP contribution is 2.54. The monoisotopic (exact) mass is 324 g/mol. The third kappa shape index (κ3) is 2.28. The molecule has 124 valence electrons. The van der Waals surface area contributed by atoms with Gasteiger partial charge in [0.15, 0.2) is 0 Å². The number of anilines is 1. The lowest BCUT2D eigenvalue weighted by molar-refractivity contribution is -0.124. The summed E-state index contributed by atoms with van der Waals surface area (Å²) in [5, 5.41) is 20.4. The molecule has 0 unspecified atom stereocenters. The highest BCUT2D eigenvalue weighted by atomic mass is 16.3. The van der Waals surface area contributed by atoms with Gasteiger partial charge in [-0.1, -0.05) is 0 Å². The van der Waals surface area contributed by atoms with Gasteiger partial charge in [0.05, 0.1) is 23.0 Å². The van der Waals surface area contributed by atoms with Crippen molar-refractivity contribution in [1.82, 2.24) is 9.97 Å². The van der Waals surface area contributed by atoms with Crippen LogP contribution in [-0.2, 0) is 0 Å². The molecule has 0 bridgehead atoms. The van der Waals surface area contributed by atoms with E-state index < -0.39 is 5.60 Å². The second-order valence-corrected chi connectivity index (χ2v) is 7.55. The summed E-state index contributed by atoms with van der Waals surface area (Å²) in [6.07, 6.45) is 6.95. The van der Waals surface area contributed by atoms with Crippen molar-refractivity contribution >= 4 is 16.6 Å². The number of H-pyrrole nitrogens is 1. The summed E-state index contributed by atoms with van der Waals surface area (Å²) in [6.45, 7) is 3.49. The first-order chi connectivity index (χ1) is 11.4. The van der Waals surface area contributed by atoms with Gasteiger partial charge in [-0.2, -0.15) is 5.26 Å². The van der Waals surface area contributed by atoms with Gasteiger partial charge in [-0.15, -0.1) is 0 Å². The second kappa shape index (κ2) is 5.05. The second-order valence-electron chi connectivity index (χ2n) is 7.55. The number of pyridine rings is 2. The highest BCUT2D eigenvalue weighted by molar-refractivity contribution is 5.93. The van der Waals surface area contributed by atoms with E-state index in [1.54, 1.807) is 12.4 Å². The minimum Gasteiger partial charge on any atom is -0.390 e. The number of nitrogens with zero attached hydrogens (tertiary/aromatic N) is 3. The summed E-state index contributed by atoms with van der Waals surface area (Å²) < 4.78 is 0. The zero-order valence-electron chi connectivity index (χ0n) is 13.7. The molecule has 1 spiro atoms. The van der Waals surface area contributed by atoms with E-state index in [-0.39, 0.29) is 16.5 Å². The van der Waals surface area contributed by atoms with Crippen molar-refractivity contribution in [3.63, 3.8) is 0 Å². The molecular formula is C18H20N4O2. The van der Waals surface area contributed by atoms with E-state index in [9.17, 15) is 15.2 Å². The Morgan fingerprint density at radius 2 is 2.08 bits per heavy atom. The summed E-state index contributed by atoms with van der Waals surface area (Å²) in [6, 6.07) is 3.92. The molecule has 0 aromatic carbocycles. The van der Waals surface area contributed by atoms with Crippen molar-refractivity contribution in [1.29, 1.82) is 5.26 Å². The predicted octanol–water partition coefficient (Wildman–Crippen LogP) is 1.93. The Morgan fingerprint density at radius 1 is 1.38 bits per heavy atom. The standard InChI is InChI=1S/C18H20N4O2/c1-17(24)10-18(11-17)3-6-22(7-4-18)15-12-2-5-20-9-14(12)21-16(23)13(15)8-19/h2,5,9,24H,3-4,6-7,10-11H2,1H3,(H,21,23). The molecule has 1 saturated carbocycles. The number of aromatic nitrogens is 2. The Hall–Kier alpha value is -2.39. The van der Waals surface area contributed by atoms with E-state index in [0.29, 0.717) is 5.52 Å². The lowest BCUT2D eigenvalue weighted by Crippen LogP contribution is -2.55. The SMILES string of the molecule is CC1(O)CC2(CCN(c3c(C#N)c(=O)[nH]c4cnccc34)CC2)C1. The number of fused-ring (bicyclic) bond motifs is 1. The summed E-state index contributed by atoms with van der Waals surface area (Å²) in [5.74, 6) is 0. The molecular weight excluding hydrogens is 304 g/mol. The van der Waals surface area contributed by atoms with Crippen LogP contribution in [0.3, 0.4) is 0 Å². The van der Waals surface area contributed by atoms with Crippen LogP contribution in [0.15, 0.2) is 23.3 Å². The third-order valence-electron chi connectivity index (χ3n) is 5.55. The Balaban J connectivity index is 1.70. The summed E-state index contributed by atoms with van der Waals surface area (Å²) in [4.78, 5) is 21.2. The van der Waals surface area contributed by atoms with Gasteiger partial charge >= 0.3 is 0 Å². The number of piperidine rings is 1. The number of aromatic amines is 1. The van der Waals surface area contributed by atoms with Gasteiger partial charge in [0.2, 0.25) is 0 Å². The first-order valence-corrected chi connectivity index (χ1v) is 8.31. The van der Waals surface area contributed by atoms with E-state index >= 15 is 0 Å². The zero-order valence-corrected chi connectivity index (χ0v) is 13.7. The first-order valence-electron chi connectivity index (χ1n) is 8.31. The molecule has 0 radical (unpaired) electrons. The van der Waals surface area contributed by atoms with E-state index in [0.717, 1.165) is 49.8 Å². The number of hydrogen-bond donors (Lipinski definition) is 2. The van der Waals surface area contributed by atoms with Crippen molar-refractivity contribution in [3.8, 4) is 6.07 Å². The van der Waals surface area contributed by atoms with Crippen LogP contribution >= 0.6 is 0 Å². The van der Waals surface area contributed by atoms with Crippen molar-refractivity contribution in [2.75, 3.05) is 18.0 Å². The fourth-order valence-corrected chi connectivity index (χ4v) is 4.68. The summed E-state index contributed by atoms with van der Waals surface area (Å²) >= 11 is 0. The van der Waals surface area contributed by atoms with Gasteiger partial charge in [0, 0.05) is 24.7 Å². The van der Waals surface area contributed by atoms with Crippen molar-refractivity contribution in [2.45, 2.75) is 38.2 Å². The molecule has 2 fully saturated rings. The highest BCUT2D eigenvalue weighted by Gasteiger charge is 2.51. The Bertz CT molecular complexity index is 891. The molecule has 4 rings (SSSR count). The average molecular weight is 324 g/mol. The minimum absolute atomic E-state index is 0.172. The zero-order chi connectivity index (χ0) is 16.9. The quantitative estimate of drug-likeness (QED) is 0.836. The van der Waals surface area contributed by atoms with Crippen LogP contribution in [0.1, 0.15) is 38.2 Å². The molecule has 2 N–H and O–H groups in total. The van der Waals surface area contributed by atoms with Gasteiger partial charge in [-0.25, -0.2) is 0 Å². The van der Waals surface area contributed by atoms with Gasteiger partial charge in [-0.05, 0) is 44.1 Å². The largest absolute Gasteiger partial charge is 0.390 e. The summed E-state index contributed by atoms with van der Waals surface area (Å²) in [7, 11) is 0. The lowest BCUT2D eigenvalue weighted by Gasteiger charge is -2.56. The van der Waals surface area contributed by atoms with E-state index in [1.165, 1.54) is 0 Å². The molecule has 3 heterocycles. The number of hydrogen-bond acceptors (Lipinski definition) is 5. The lowest BCUT2D eigenvalue weighted by atomic mass is 9.56. The fraction of sp³-hybridized carbons (Fsp3) is 0.500. The smallest absolute Gasteiger partial charge is 0.268 e. The van der Waals surface area contributed by atoms with Gasteiger partial charge in [0.1, 0.15) is 11.6 Å². The number of rotatable bonds is 1. The van der Waals surface area contributed by atoms with Gasteiger partial charge in [-0.3, -0.25) is 9.78 Å². The van der Waals surface area contributed by atoms with Crippen molar-refractivity contribution in [2.24, 2.45) is 5.41 Å². The van der Waals surface area contributed by atoms with Crippen LogP contribution < -0.4 is 10.5 Å². The average Bonchev–Trinajstić information content (AvgIpc) is 2.52. The van der Waals surface area contributed by atoms with Gasteiger partial charge < -0.3 is 15.0 Å². The van der Waals surface area contributed by atoms with E-state index in [4.69, 9.17) is 0 Å². The molecule has 2 aromatic rings. The number of aliphatic hydroxyl groups is 1. The Morgan fingerprint density at radius 3 is 2.71 bits per heavy atom. The molecule has 0 amide bonds. The molecule has 2 aromatic heterocycles. The van der Waals surface area contributed by atoms with E-state index in [1.807, 2.05) is 13.0 Å². The molecule has 1 saturated heterocycles. The topological polar surface area (TPSA) is 93.0 Å². The van der Waals surface area contributed by atoms with E-state index in [2.05, 4.69) is 20.9 Å². The van der Waals surface area contributed by atoms with Crippen LogP contribution in [0.25, 0.3) is 10.9 Å². The Labute approximate surface area is 139 Å². The fourth-order valence-electron chi connectivity index (χ4n) is 4.68. The van der Waals surface area contributed by atoms with Crippen molar-refractivity contribution in [3.05, 3.63) is 34.4 Å². The third-order valence-corrected chi connectivity index (χ3v) is 5.55. The molecule has 6 nitrogen and oxygen atoms in total. The van der Waals surface area contributed by atoms with Crippen molar-refractivity contribution < 1.29 is 5.11 Å². The van der Waals surface area contributed by atoms with Crippen LogP contribution in [0, 0.1) is 16.7 Å². The number of nitriles is 1. The maximum absolute atomic E-state index is 12.2. The first kappa shape index (κ1) is 15.2. The normalized spacial score (nSPS) is 21.5. The minimum atomic E-state index is -0.526. The van der Waals surface area contributed by atoms with Crippen LogP contribution in [0.2, 0.25) is 0 Å². The molecule has 2 aliphatic rings. The number of nitrogens with one attached hydrogen (secondary N) is 1. The van der Waals surface area contributed by atoms with Crippen LogP contribution in [0.4, 0.5) is 5.69 Å². The van der Waals surface area contributed by atoms with Gasteiger partial charge in [0.25, 0.3) is 5.56 Å². The molecule has 6 heteroatoms. The maximum Gasteiger partial charge on any atom is 0.268 e. The Kier molecular flexibility index (Phi) is 3.19. The predicted molar refractivity (Wildman–Crippen MR) is 90.8 cm³/mol.